The van der Waals surface area contributed by atoms with Crippen LogP contribution in [0.25, 0.3) is 0 Å². The second kappa shape index (κ2) is 7.49. The number of nitrogens with zero attached hydrogens (tertiary/aromatic N) is 1. The van der Waals surface area contributed by atoms with Gasteiger partial charge in [0, 0.05) is 23.4 Å². The van der Waals surface area contributed by atoms with E-state index in [1.54, 1.807) is 13.0 Å². The van der Waals surface area contributed by atoms with Crippen molar-refractivity contribution in [3.63, 3.8) is 0 Å². The van der Waals surface area contributed by atoms with Crippen LogP contribution in [0, 0.1) is 0 Å². The number of cyclic esters (lactones) is 1. The molecule has 3 rings (SSSR count). The summed E-state index contributed by atoms with van der Waals surface area (Å²) in [6.45, 7) is 2.44. The van der Waals surface area contributed by atoms with E-state index in [4.69, 9.17) is 4.74 Å². The quantitative estimate of drug-likeness (QED) is 0.845. The summed E-state index contributed by atoms with van der Waals surface area (Å²) in [5.74, 6) is 0.140. The molecule has 2 amide bonds. The van der Waals surface area contributed by atoms with Gasteiger partial charge in [-0.1, -0.05) is 25.1 Å². The van der Waals surface area contributed by atoms with E-state index in [1.165, 1.54) is 10.3 Å². The van der Waals surface area contributed by atoms with Crippen LogP contribution in [0.3, 0.4) is 0 Å². The predicted octanol–water partition coefficient (Wildman–Crippen LogP) is 1.95. The van der Waals surface area contributed by atoms with Crippen molar-refractivity contribution in [1.82, 2.24) is 5.32 Å². The first-order chi connectivity index (χ1) is 12.4. The van der Waals surface area contributed by atoms with E-state index in [1.807, 2.05) is 24.3 Å². The summed E-state index contributed by atoms with van der Waals surface area (Å²) < 4.78 is 28.2. The lowest BCUT2D eigenvalue weighted by molar-refractivity contribution is -0.121. The van der Waals surface area contributed by atoms with Gasteiger partial charge in [-0.15, -0.1) is 0 Å². The van der Waals surface area contributed by atoms with E-state index >= 15 is 0 Å². The number of nitrogens with one attached hydrogen (secondary N) is 1. The van der Waals surface area contributed by atoms with Crippen LogP contribution < -0.4 is 10.2 Å². The Balaban J connectivity index is 1.63. The molecular formula is C18H22N2O5S. The molecule has 26 heavy (non-hydrogen) atoms. The predicted molar refractivity (Wildman–Crippen MR) is 97.6 cm³/mol. The Labute approximate surface area is 152 Å². The summed E-state index contributed by atoms with van der Waals surface area (Å²) in [7, 11) is -3.05. The van der Waals surface area contributed by atoms with Crippen LogP contribution in [0.1, 0.15) is 31.2 Å². The molecular weight excluding hydrogens is 356 g/mol. The highest BCUT2D eigenvalue weighted by atomic mass is 32.2. The second-order valence-corrected chi connectivity index (χ2v) is 8.46. The molecule has 140 valence electrons. The van der Waals surface area contributed by atoms with E-state index < -0.39 is 15.9 Å². The van der Waals surface area contributed by atoms with Crippen molar-refractivity contribution in [3.8, 4) is 0 Å². The van der Waals surface area contributed by atoms with Gasteiger partial charge in [0.15, 0.2) is 9.84 Å². The highest BCUT2D eigenvalue weighted by molar-refractivity contribution is 7.94. The Hall–Kier alpha value is -2.35. The number of carbonyl (C=O) groups is 2. The van der Waals surface area contributed by atoms with Crippen molar-refractivity contribution in [1.29, 1.82) is 0 Å². The maximum atomic E-state index is 12.1. The van der Waals surface area contributed by atoms with E-state index in [0.29, 0.717) is 25.9 Å². The van der Waals surface area contributed by atoms with Gasteiger partial charge in [-0.3, -0.25) is 9.69 Å². The second-order valence-electron chi connectivity index (χ2n) is 6.46. The first-order valence-electron chi connectivity index (χ1n) is 8.63. The van der Waals surface area contributed by atoms with Gasteiger partial charge in [-0.05, 0) is 24.1 Å². The fourth-order valence-electron chi connectivity index (χ4n) is 3.04. The third kappa shape index (κ3) is 4.24. The highest BCUT2D eigenvalue weighted by Gasteiger charge is 2.32. The molecule has 8 heteroatoms. The number of rotatable bonds is 5. The Bertz CT molecular complexity index is 816. The number of ether oxygens (including phenoxy) is 1. The molecule has 1 unspecified atom stereocenters. The molecule has 1 N–H and O–H groups in total. The van der Waals surface area contributed by atoms with Crippen LogP contribution in [0.4, 0.5) is 10.5 Å². The molecule has 1 saturated heterocycles. The fraction of sp³-hybridized carbons (Fsp3) is 0.444. The molecule has 0 saturated carbocycles. The third-order valence-electron chi connectivity index (χ3n) is 4.59. The molecule has 2 heterocycles. The van der Waals surface area contributed by atoms with E-state index in [0.717, 1.165) is 11.3 Å². The average molecular weight is 378 g/mol. The van der Waals surface area contributed by atoms with Crippen LogP contribution in [0.15, 0.2) is 35.7 Å². The number of carbonyl (C=O) groups excluding carboxylic acids is 2. The van der Waals surface area contributed by atoms with Crippen molar-refractivity contribution in [2.24, 2.45) is 0 Å². The number of anilines is 1. The molecule has 2 atom stereocenters. The summed E-state index contributed by atoms with van der Waals surface area (Å²) in [5, 5.41) is 4.01. The minimum atomic E-state index is -3.05. The van der Waals surface area contributed by atoms with E-state index in [9.17, 15) is 18.0 Å². The normalized spacial score (nSPS) is 24.3. The smallest absolute Gasteiger partial charge is 0.414 e. The summed E-state index contributed by atoms with van der Waals surface area (Å²) >= 11 is 0. The molecule has 0 bridgehead atoms. The SMILES string of the molecule is CCC(=O)NC[C@H]1CN(c2ccc(C3C=CS(=O)(=O)CC3)cc2)C(=O)O1. The molecule has 7 nitrogen and oxygen atoms in total. The molecule has 1 fully saturated rings. The summed E-state index contributed by atoms with van der Waals surface area (Å²) in [6.07, 6.45) is 1.86. The topological polar surface area (TPSA) is 92.8 Å². The largest absolute Gasteiger partial charge is 0.442 e. The number of hydrogen-bond acceptors (Lipinski definition) is 5. The lowest BCUT2D eigenvalue weighted by atomic mass is 9.96. The Kier molecular flexibility index (Phi) is 5.31. The Morgan fingerprint density at radius 2 is 2.04 bits per heavy atom. The molecule has 0 aromatic heterocycles. The van der Waals surface area contributed by atoms with Crippen molar-refractivity contribution in [2.45, 2.75) is 31.8 Å². The maximum Gasteiger partial charge on any atom is 0.414 e. The molecule has 1 aromatic carbocycles. The summed E-state index contributed by atoms with van der Waals surface area (Å²) in [6, 6.07) is 7.48. The molecule has 0 spiro atoms. The minimum Gasteiger partial charge on any atom is -0.442 e. The van der Waals surface area contributed by atoms with Gasteiger partial charge in [0.25, 0.3) is 0 Å². The number of allylic oxidation sites excluding steroid dienone is 1. The monoisotopic (exact) mass is 378 g/mol. The number of sulfone groups is 1. The van der Waals surface area contributed by atoms with Crippen molar-refractivity contribution in [3.05, 3.63) is 41.3 Å². The minimum absolute atomic E-state index is 0.0649. The zero-order chi connectivity index (χ0) is 18.7. The van der Waals surface area contributed by atoms with Gasteiger partial charge in [-0.25, -0.2) is 13.2 Å². The van der Waals surface area contributed by atoms with E-state index in [2.05, 4.69) is 5.32 Å². The van der Waals surface area contributed by atoms with Gasteiger partial charge in [-0.2, -0.15) is 0 Å². The summed E-state index contributed by atoms with van der Waals surface area (Å²) in [4.78, 5) is 24.9. The lowest BCUT2D eigenvalue weighted by Crippen LogP contribution is -2.34. The number of amides is 2. The number of hydrogen-bond donors (Lipinski definition) is 1. The molecule has 1 aromatic rings. The molecule has 2 aliphatic rings. The lowest BCUT2D eigenvalue weighted by Gasteiger charge is -2.18. The van der Waals surface area contributed by atoms with Crippen molar-refractivity contribution < 1.29 is 22.7 Å². The molecule has 0 aliphatic carbocycles. The van der Waals surface area contributed by atoms with Crippen LogP contribution >= 0.6 is 0 Å². The third-order valence-corrected chi connectivity index (χ3v) is 5.96. The standard InChI is InChI=1S/C18H22N2O5S/c1-2-17(21)19-11-16-12-20(18(22)25-16)15-5-3-13(4-6-15)14-7-9-26(23,24)10-8-14/h3-7,9,14,16H,2,8,10-12H2,1H3,(H,19,21)/t14?,16-/m0/s1. The Morgan fingerprint density at radius 3 is 2.65 bits per heavy atom. The first-order valence-corrected chi connectivity index (χ1v) is 10.4. The Morgan fingerprint density at radius 1 is 1.31 bits per heavy atom. The molecule has 2 aliphatic heterocycles. The van der Waals surface area contributed by atoms with Gasteiger partial charge in [0.1, 0.15) is 6.10 Å². The van der Waals surface area contributed by atoms with Crippen LogP contribution in [-0.2, 0) is 19.4 Å². The van der Waals surface area contributed by atoms with Gasteiger partial charge in [0.05, 0.1) is 18.8 Å². The zero-order valence-electron chi connectivity index (χ0n) is 14.6. The van der Waals surface area contributed by atoms with Gasteiger partial charge < -0.3 is 10.1 Å². The van der Waals surface area contributed by atoms with E-state index in [-0.39, 0.29) is 23.7 Å². The van der Waals surface area contributed by atoms with Crippen LogP contribution in [0.2, 0.25) is 0 Å². The highest BCUT2D eigenvalue weighted by Crippen LogP contribution is 2.29. The first kappa shape index (κ1) is 18.4. The number of benzene rings is 1. The van der Waals surface area contributed by atoms with Gasteiger partial charge >= 0.3 is 6.09 Å². The molecule has 0 radical (unpaired) electrons. The average Bonchev–Trinajstić information content (AvgIpc) is 3.00. The van der Waals surface area contributed by atoms with Crippen LogP contribution in [0.5, 0.6) is 0 Å². The summed E-state index contributed by atoms with van der Waals surface area (Å²) in [5.41, 5.74) is 1.73. The van der Waals surface area contributed by atoms with Gasteiger partial charge in [0.2, 0.25) is 5.91 Å². The van der Waals surface area contributed by atoms with Crippen molar-refractivity contribution in [2.75, 3.05) is 23.7 Å². The zero-order valence-corrected chi connectivity index (χ0v) is 15.4. The maximum absolute atomic E-state index is 12.1. The van der Waals surface area contributed by atoms with Crippen molar-refractivity contribution >= 4 is 27.5 Å². The van der Waals surface area contributed by atoms with Crippen LogP contribution in [-0.4, -0.2) is 45.4 Å². The fourth-order valence-corrected chi connectivity index (χ4v) is 4.19.